The zero-order valence-corrected chi connectivity index (χ0v) is 3.93. The second-order valence-corrected chi connectivity index (χ2v) is 1.31. The minimum atomic E-state index is -0.444. The molecule has 3 heteroatoms. The van der Waals surface area contributed by atoms with Gasteiger partial charge in [0.2, 0.25) is 0 Å². The molecule has 0 radical (unpaired) electrons. The summed E-state index contributed by atoms with van der Waals surface area (Å²) in [5, 5.41) is 0. The van der Waals surface area contributed by atoms with Crippen LogP contribution in [0, 0.1) is 6.08 Å². The SMILES string of the molecule is Cn1ccnc1F.[HH]. The van der Waals surface area contributed by atoms with Crippen molar-refractivity contribution in [3.8, 4) is 0 Å². The average molecular weight is 102 g/mol. The first-order chi connectivity index (χ1) is 3.30. The fourth-order valence-corrected chi connectivity index (χ4v) is 0.347. The van der Waals surface area contributed by atoms with Gasteiger partial charge in [-0.25, -0.2) is 4.98 Å². The van der Waals surface area contributed by atoms with Crippen LogP contribution < -0.4 is 0 Å². The average Bonchev–Trinajstić information content (AvgIpc) is 1.91. The van der Waals surface area contributed by atoms with Crippen molar-refractivity contribution in [2.24, 2.45) is 7.05 Å². The number of hydrogen-bond acceptors (Lipinski definition) is 1. The molecule has 1 aromatic rings. The molecule has 0 unspecified atom stereocenters. The van der Waals surface area contributed by atoms with E-state index in [2.05, 4.69) is 4.98 Å². The number of hydrogen-bond donors (Lipinski definition) is 0. The number of rotatable bonds is 0. The van der Waals surface area contributed by atoms with Crippen LogP contribution in [0.5, 0.6) is 0 Å². The number of imidazole rings is 1. The summed E-state index contributed by atoms with van der Waals surface area (Å²) in [6.45, 7) is 0. The molecule has 0 amide bonds. The molecule has 2 nitrogen and oxygen atoms in total. The Hall–Kier alpha value is -0.860. The zero-order chi connectivity index (χ0) is 5.28. The summed E-state index contributed by atoms with van der Waals surface area (Å²) < 4.78 is 13.2. The van der Waals surface area contributed by atoms with Crippen LogP contribution in [-0.2, 0) is 7.05 Å². The third-order valence-electron chi connectivity index (χ3n) is 0.762. The van der Waals surface area contributed by atoms with Gasteiger partial charge in [0.05, 0.1) is 0 Å². The molecule has 0 N–H and O–H groups in total. The van der Waals surface area contributed by atoms with Crippen LogP contribution in [0.25, 0.3) is 0 Å². The Kier molecular flexibility index (Phi) is 0.817. The van der Waals surface area contributed by atoms with Crippen LogP contribution in [0.1, 0.15) is 1.43 Å². The fraction of sp³-hybridized carbons (Fsp3) is 0.250. The van der Waals surface area contributed by atoms with Gasteiger partial charge in [0.25, 0.3) is 6.08 Å². The van der Waals surface area contributed by atoms with E-state index in [1.54, 1.807) is 13.2 Å². The Labute approximate surface area is 42.1 Å². The number of aromatic nitrogens is 2. The summed E-state index contributed by atoms with van der Waals surface area (Å²) >= 11 is 0. The van der Waals surface area contributed by atoms with Crippen LogP contribution in [-0.4, -0.2) is 9.55 Å². The highest BCUT2D eigenvalue weighted by atomic mass is 19.1. The molecule has 1 aromatic heterocycles. The standard InChI is InChI=1S/C4H5FN2.H2/c1-7-3-2-6-4(7)5;/h2-3H,1H3;1H. The smallest absolute Gasteiger partial charge is 0.288 e. The van der Waals surface area contributed by atoms with Crippen molar-refractivity contribution in [3.05, 3.63) is 18.5 Å². The largest absolute Gasteiger partial charge is 0.311 e. The van der Waals surface area contributed by atoms with Crippen molar-refractivity contribution in [3.63, 3.8) is 0 Å². The van der Waals surface area contributed by atoms with Crippen molar-refractivity contribution in [2.45, 2.75) is 0 Å². The summed E-state index contributed by atoms with van der Waals surface area (Å²) in [4.78, 5) is 3.31. The van der Waals surface area contributed by atoms with Crippen molar-refractivity contribution < 1.29 is 5.82 Å². The van der Waals surface area contributed by atoms with Crippen molar-refractivity contribution in [2.75, 3.05) is 0 Å². The van der Waals surface area contributed by atoms with E-state index in [-0.39, 0.29) is 1.43 Å². The zero-order valence-electron chi connectivity index (χ0n) is 3.93. The fourth-order valence-electron chi connectivity index (χ4n) is 0.347. The van der Waals surface area contributed by atoms with E-state index < -0.39 is 6.08 Å². The maximum Gasteiger partial charge on any atom is 0.288 e. The van der Waals surface area contributed by atoms with Crippen LogP contribution in [0.4, 0.5) is 4.39 Å². The lowest BCUT2D eigenvalue weighted by Crippen LogP contribution is -1.88. The first-order valence-corrected chi connectivity index (χ1v) is 1.93. The van der Waals surface area contributed by atoms with Crippen molar-refractivity contribution in [1.82, 2.24) is 9.55 Å². The Morgan fingerprint density at radius 3 is 2.86 bits per heavy atom. The lowest BCUT2D eigenvalue weighted by Gasteiger charge is -1.82. The molecule has 0 atom stereocenters. The van der Waals surface area contributed by atoms with Gasteiger partial charge in [-0.15, -0.1) is 0 Å². The van der Waals surface area contributed by atoms with Crippen LogP contribution in [0.15, 0.2) is 12.4 Å². The summed E-state index contributed by atoms with van der Waals surface area (Å²) in [7, 11) is 1.60. The molecule has 0 aromatic carbocycles. The molecule has 1 heterocycles. The Balaban J connectivity index is 0.000000490. The van der Waals surface area contributed by atoms with E-state index in [0.717, 1.165) is 0 Å². The number of nitrogens with zero attached hydrogens (tertiary/aromatic N) is 2. The van der Waals surface area contributed by atoms with Crippen LogP contribution >= 0.6 is 0 Å². The van der Waals surface area contributed by atoms with E-state index in [0.29, 0.717) is 0 Å². The van der Waals surface area contributed by atoms with E-state index in [1.807, 2.05) is 0 Å². The van der Waals surface area contributed by atoms with Crippen molar-refractivity contribution in [1.29, 1.82) is 0 Å². The maximum atomic E-state index is 11.9. The molecule has 0 aliphatic carbocycles. The first kappa shape index (κ1) is 4.30. The highest BCUT2D eigenvalue weighted by molar-refractivity contribution is 4.73. The van der Waals surface area contributed by atoms with Crippen LogP contribution in [0.2, 0.25) is 0 Å². The highest BCUT2D eigenvalue weighted by Crippen LogP contribution is 1.86. The van der Waals surface area contributed by atoms with Crippen LogP contribution in [0.3, 0.4) is 0 Å². The van der Waals surface area contributed by atoms with Gasteiger partial charge in [0, 0.05) is 20.9 Å². The van der Waals surface area contributed by atoms with Gasteiger partial charge < -0.3 is 4.57 Å². The molecule has 0 fully saturated rings. The van der Waals surface area contributed by atoms with E-state index in [1.165, 1.54) is 10.8 Å². The summed E-state index contributed by atoms with van der Waals surface area (Å²) in [6.07, 6.45) is 2.52. The van der Waals surface area contributed by atoms with Crippen molar-refractivity contribution >= 4 is 0 Å². The molecule has 0 saturated heterocycles. The second kappa shape index (κ2) is 1.33. The predicted molar refractivity (Wildman–Crippen MR) is 25.3 cm³/mol. The Morgan fingerprint density at radius 1 is 2.00 bits per heavy atom. The monoisotopic (exact) mass is 102 g/mol. The first-order valence-electron chi connectivity index (χ1n) is 1.93. The highest BCUT2D eigenvalue weighted by Gasteiger charge is 1.89. The molecule has 0 spiro atoms. The molecule has 0 aliphatic heterocycles. The normalized spacial score (nSPS) is 9.43. The van der Waals surface area contributed by atoms with Gasteiger partial charge in [-0.1, -0.05) is 0 Å². The number of halogens is 1. The van der Waals surface area contributed by atoms with Gasteiger partial charge >= 0.3 is 0 Å². The van der Waals surface area contributed by atoms with E-state index in [4.69, 9.17) is 0 Å². The lowest BCUT2D eigenvalue weighted by molar-refractivity contribution is 0.500. The third kappa shape index (κ3) is 0.607. The molecule has 1 rings (SSSR count). The number of aryl methyl sites for hydroxylation is 1. The van der Waals surface area contributed by atoms with E-state index in [9.17, 15) is 4.39 Å². The third-order valence-corrected chi connectivity index (χ3v) is 0.762. The minimum Gasteiger partial charge on any atom is -0.311 e. The molecular weight excluding hydrogens is 95.1 g/mol. The lowest BCUT2D eigenvalue weighted by atomic mass is 10.9. The molecule has 0 saturated carbocycles. The summed E-state index contributed by atoms with van der Waals surface area (Å²) in [6, 6.07) is 0. The molecule has 0 bridgehead atoms. The van der Waals surface area contributed by atoms with Gasteiger partial charge in [0.1, 0.15) is 0 Å². The predicted octanol–water partition coefficient (Wildman–Crippen LogP) is 0.805. The molecular formula is C4H7FN2. The van der Waals surface area contributed by atoms with Gasteiger partial charge in [-0.3, -0.25) is 0 Å². The minimum absolute atomic E-state index is 0. The van der Waals surface area contributed by atoms with Gasteiger partial charge in [-0.05, 0) is 0 Å². The Morgan fingerprint density at radius 2 is 2.71 bits per heavy atom. The summed E-state index contributed by atoms with van der Waals surface area (Å²) in [5.74, 6) is 0. The molecule has 0 aliphatic rings. The Bertz CT molecular complexity index is 146. The second-order valence-electron chi connectivity index (χ2n) is 1.31. The maximum absolute atomic E-state index is 11.9. The van der Waals surface area contributed by atoms with Gasteiger partial charge in [0.15, 0.2) is 0 Å². The summed E-state index contributed by atoms with van der Waals surface area (Å²) in [5.41, 5.74) is 0. The van der Waals surface area contributed by atoms with E-state index >= 15 is 0 Å². The quantitative estimate of drug-likeness (QED) is 0.474. The topological polar surface area (TPSA) is 17.8 Å². The molecule has 7 heavy (non-hydrogen) atoms. The molecule has 40 valence electrons. The van der Waals surface area contributed by atoms with Gasteiger partial charge in [-0.2, -0.15) is 4.39 Å².